The Balaban J connectivity index is 2.07. The maximum Gasteiger partial charge on any atom is 0.270 e. The molecule has 1 unspecified atom stereocenters. The van der Waals surface area contributed by atoms with Gasteiger partial charge in [-0.25, -0.2) is 0 Å². The number of aromatic nitrogens is 1. The quantitative estimate of drug-likeness (QED) is 0.912. The lowest BCUT2D eigenvalue weighted by Gasteiger charge is -2.15. The van der Waals surface area contributed by atoms with Gasteiger partial charge < -0.3 is 5.32 Å². The average Bonchev–Trinajstić information content (AvgIpc) is 2.47. The predicted molar refractivity (Wildman–Crippen MR) is 85.7 cm³/mol. The SMILES string of the molecule is CC(C)c1ccc(C(C)NC(=O)c2cc(Cl)ccn2)cc1. The summed E-state index contributed by atoms with van der Waals surface area (Å²) in [6.07, 6.45) is 1.53. The first-order valence-corrected chi connectivity index (χ1v) is 7.37. The number of nitrogens with one attached hydrogen (secondary N) is 1. The lowest BCUT2D eigenvalue weighted by molar-refractivity contribution is 0.0935. The molecule has 0 spiro atoms. The summed E-state index contributed by atoms with van der Waals surface area (Å²) in [5.41, 5.74) is 2.68. The van der Waals surface area contributed by atoms with E-state index < -0.39 is 0 Å². The van der Waals surface area contributed by atoms with Gasteiger partial charge in [-0.1, -0.05) is 49.7 Å². The maximum atomic E-state index is 12.1. The molecule has 0 fully saturated rings. The molecule has 1 N–H and O–H groups in total. The number of halogens is 1. The van der Waals surface area contributed by atoms with Crippen molar-refractivity contribution < 1.29 is 4.79 Å². The second kappa shape index (κ2) is 6.72. The Hall–Kier alpha value is -1.87. The van der Waals surface area contributed by atoms with Gasteiger partial charge in [-0.05, 0) is 36.1 Å². The number of hydrogen-bond donors (Lipinski definition) is 1. The first-order chi connectivity index (χ1) is 9.97. The van der Waals surface area contributed by atoms with E-state index in [4.69, 9.17) is 11.6 Å². The molecule has 0 aliphatic carbocycles. The highest BCUT2D eigenvalue weighted by Gasteiger charge is 2.13. The number of nitrogens with zero attached hydrogens (tertiary/aromatic N) is 1. The molecule has 0 saturated heterocycles. The Bertz CT molecular complexity index is 623. The van der Waals surface area contributed by atoms with Gasteiger partial charge in [-0.2, -0.15) is 0 Å². The van der Waals surface area contributed by atoms with E-state index in [1.807, 2.05) is 19.1 Å². The van der Waals surface area contributed by atoms with Crippen molar-refractivity contribution in [2.75, 3.05) is 0 Å². The molecule has 0 aliphatic rings. The summed E-state index contributed by atoms with van der Waals surface area (Å²) in [5, 5.41) is 3.43. The van der Waals surface area contributed by atoms with Crippen molar-refractivity contribution in [3.8, 4) is 0 Å². The molecule has 0 aliphatic heterocycles. The minimum atomic E-state index is -0.224. The van der Waals surface area contributed by atoms with Gasteiger partial charge in [0.1, 0.15) is 5.69 Å². The summed E-state index contributed by atoms with van der Waals surface area (Å²) in [4.78, 5) is 16.2. The van der Waals surface area contributed by atoms with Crippen molar-refractivity contribution in [3.05, 3.63) is 64.4 Å². The van der Waals surface area contributed by atoms with Crippen molar-refractivity contribution in [1.29, 1.82) is 0 Å². The monoisotopic (exact) mass is 302 g/mol. The molecule has 4 heteroatoms. The number of rotatable bonds is 4. The van der Waals surface area contributed by atoms with Crippen LogP contribution in [0.1, 0.15) is 54.3 Å². The van der Waals surface area contributed by atoms with Crippen LogP contribution in [0.5, 0.6) is 0 Å². The zero-order chi connectivity index (χ0) is 15.4. The molecule has 110 valence electrons. The first-order valence-electron chi connectivity index (χ1n) is 6.99. The van der Waals surface area contributed by atoms with E-state index in [1.54, 1.807) is 12.1 Å². The number of benzene rings is 1. The molecule has 0 saturated carbocycles. The second-order valence-electron chi connectivity index (χ2n) is 5.38. The number of carbonyl (C=O) groups is 1. The summed E-state index contributed by atoms with van der Waals surface area (Å²) >= 11 is 5.87. The van der Waals surface area contributed by atoms with Crippen LogP contribution in [0.4, 0.5) is 0 Å². The molecule has 1 aromatic heterocycles. The Labute approximate surface area is 130 Å². The normalized spacial score (nSPS) is 12.2. The van der Waals surface area contributed by atoms with E-state index in [0.717, 1.165) is 5.56 Å². The molecule has 3 nitrogen and oxygen atoms in total. The summed E-state index contributed by atoms with van der Waals surface area (Å²) in [5.74, 6) is 0.276. The topological polar surface area (TPSA) is 42.0 Å². The van der Waals surface area contributed by atoms with E-state index in [1.165, 1.54) is 11.8 Å². The number of hydrogen-bond acceptors (Lipinski definition) is 2. The molecule has 1 amide bonds. The Morgan fingerprint density at radius 1 is 1.10 bits per heavy atom. The van der Waals surface area contributed by atoms with Crippen LogP contribution in [-0.4, -0.2) is 10.9 Å². The van der Waals surface area contributed by atoms with E-state index >= 15 is 0 Å². The lowest BCUT2D eigenvalue weighted by atomic mass is 9.99. The van der Waals surface area contributed by atoms with Gasteiger partial charge in [-0.15, -0.1) is 0 Å². The highest BCUT2D eigenvalue weighted by atomic mass is 35.5. The Morgan fingerprint density at radius 3 is 2.29 bits per heavy atom. The van der Waals surface area contributed by atoms with Crippen LogP contribution < -0.4 is 5.32 Å². The fourth-order valence-electron chi connectivity index (χ4n) is 2.05. The summed E-state index contributed by atoms with van der Waals surface area (Å²) in [7, 11) is 0. The van der Waals surface area contributed by atoms with Crippen LogP contribution in [0.25, 0.3) is 0 Å². The van der Waals surface area contributed by atoms with Crippen LogP contribution in [0.15, 0.2) is 42.6 Å². The molecule has 21 heavy (non-hydrogen) atoms. The highest BCUT2D eigenvalue weighted by Crippen LogP contribution is 2.19. The smallest absolute Gasteiger partial charge is 0.270 e. The molecule has 1 heterocycles. The fourth-order valence-corrected chi connectivity index (χ4v) is 2.21. The summed E-state index contributed by atoms with van der Waals surface area (Å²) < 4.78 is 0. The lowest BCUT2D eigenvalue weighted by Crippen LogP contribution is -2.27. The van der Waals surface area contributed by atoms with E-state index in [0.29, 0.717) is 16.6 Å². The molecule has 1 aromatic carbocycles. The largest absolute Gasteiger partial charge is 0.344 e. The van der Waals surface area contributed by atoms with Gasteiger partial charge in [0.15, 0.2) is 0 Å². The van der Waals surface area contributed by atoms with E-state index in [-0.39, 0.29) is 11.9 Å². The third-order valence-corrected chi connectivity index (χ3v) is 3.64. The third-order valence-electron chi connectivity index (χ3n) is 3.41. The van der Waals surface area contributed by atoms with Crippen molar-refractivity contribution in [2.24, 2.45) is 0 Å². The van der Waals surface area contributed by atoms with Crippen LogP contribution in [0, 0.1) is 0 Å². The minimum Gasteiger partial charge on any atom is -0.344 e. The van der Waals surface area contributed by atoms with Crippen molar-refractivity contribution in [3.63, 3.8) is 0 Å². The third kappa shape index (κ3) is 4.05. The summed E-state index contributed by atoms with van der Waals surface area (Å²) in [6.45, 7) is 6.27. The zero-order valence-corrected chi connectivity index (χ0v) is 13.2. The Kier molecular flexibility index (Phi) is 4.97. The summed E-state index contributed by atoms with van der Waals surface area (Å²) in [6, 6.07) is 11.4. The zero-order valence-electron chi connectivity index (χ0n) is 12.4. The molecular weight excluding hydrogens is 284 g/mol. The minimum absolute atomic E-state index is 0.0838. The maximum absolute atomic E-state index is 12.1. The van der Waals surface area contributed by atoms with Gasteiger partial charge in [0, 0.05) is 11.2 Å². The standard InChI is InChI=1S/C17H19ClN2O/c1-11(2)13-4-6-14(7-5-13)12(3)20-17(21)16-10-15(18)8-9-19-16/h4-12H,1-3H3,(H,20,21). The van der Waals surface area contributed by atoms with Crippen molar-refractivity contribution >= 4 is 17.5 Å². The molecule has 0 bridgehead atoms. The highest BCUT2D eigenvalue weighted by molar-refractivity contribution is 6.30. The van der Waals surface area contributed by atoms with Crippen LogP contribution >= 0.6 is 11.6 Å². The van der Waals surface area contributed by atoms with Crippen LogP contribution in [-0.2, 0) is 0 Å². The number of pyridine rings is 1. The van der Waals surface area contributed by atoms with Gasteiger partial charge in [0.2, 0.25) is 0 Å². The van der Waals surface area contributed by atoms with Gasteiger partial charge in [0.25, 0.3) is 5.91 Å². The van der Waals surface area contributed by atoms with Gasteiger partial charge in [-0.3, -0.25) is 9.78 Å². The van der Waals surface area contributed by atoms with Gasteiger partial charge in [0.05, 0.1) is 6.04 Å². The molecule has 0 radical (unpaired) electrons. The first kappa shape index (κ1) is 15.5. The molecule has 2 aromatic rings. The van der Waals surface area contributed by atoms with E-state index in [2.05, 4.69) is 36.3 Å². The average molecular weight is 303 g/mol. The Morgan fingerprint density at radius 2 is 1.71 bits per heavy atom. The molecule has 1 atom stereocenters. The number of carbonyl (C=O) groups excluding carboxylic acids is 1. The molecule has 2 rings (SSSR count). The van der Waals surface area contributed by atoms with Crippen molar-refractivity contribution in [1.82, 2.24) is 10.3 Å². The fraction of sp³-hybridized carbons (Fsp3) is 0.294. The van der Waals surface area contributed by atoms with E-state index in [9.17, 15) is 4.79 Å². The molecular formula is C17H19ClN2O. The van der Waals surface area contributed by atoms with Crippen molar-refractivity contribution in [2.45, 2.75) is 32.7 Å². The van der Waals surface area contributed by atoms with Crippen LogP contribution in [0.3, 0.4) is 0 Å². The predicted octanol–water partition coefficient (Wildman–Crippen LogP) is 4.35. The second-order valence-corrected chi connectivity index (χ2v) is 5.81. The van der Waals surface area contributed by atoms with Gasteiger partial charge >= 0.3 is 0 Å². The number of amides is 1. The van der Waals surface area contributed by atoms with Crippen LogP contribution in [0.2, 0.25) is 5.02 Å².